The average Bonchev–Trinajstić information content (AvgIpc) is 3.07. The number of hydrogen-bond donors (Lipinski definition) is 2. The van der Waals surface area contributed by atoms with Crippen molar-refractivity contribution in [2.24, 2.45) is 11.1 Å². The molecule has 2 bridgehead atoms. The van der Waals surface area contributed by atoms with Crippen LogP contribution in [0.5, 0.6) is 5.75 Å². The maximum absolute atomic E-state index is 11.0. The molecule has 4 atom stereocenters. The third kappa shape index (κ3) is 1.94. The van der Waals surface area contributed by atoms with Crippen LogP contribution >= 0.6 is 11.6 Å². The predicted molar refractivity (Wildman–Crippen MR) is 77.0 cm³/mol. The largest absolute Gasteiger partial charge is 0.496 e. The summed E-state index contributed by atoms with van der Waals surface area (Å²) in [5, 5.41) is 11.5. The van der Waals surface area contributed by atoms with Crippen molar-refractivity contribution in [2.45, 2.75) is 37.6 Å². The van der Waals surface area contributed by atoms with Gasteiger partial charge in [-0.25, -0.2) is 0 Å². The molecule has 3 N–H and O–H groups in total. The first-order valence-electron chi connectivity index (χ1n) is 6.98. The van der Waals surface area contributed by atoms with Crippen LogP contribution in [-0.4, -0.2) is 31.0 Å². The highest BCUT2D eigenvalue weighted by Gasteiger charge is 2.56. The smallest absolute Gasteiger partial charge is 0.126 e. The summed E-state index contributed by atoms with van der Waals surface area (Å²) in [5.74, 6) is 0.598. The summed E-state index contributed by atoms with van der Waals surface area (Å²) < 4.78 is 11.3. The van der Waals surface area contributed by atoms with Gasteiger partial charge in [0, 0.05) is 17.5 Å². The quantitative estimate of drug-likeness (QED) is 0.895. The lowest BCUT2D eigenvalue weighted by molar-refractivity contribution is -0.0272. The molecule has 110 valence electrons. The molecule has 0 aromatic heterocycles. The van der Waals surface area contributed by atoms with E-state index in [-0.39, 0.29) is 12.2 Å². The molecule has 2 aliphatic heterocycles. The molecule has 4 nitrogen and oxygen atoms in total. The number of aliphatic hydroxyl groups is 1. The second-order valence-electron chi connectivity index (χ2n) is 5.72. The molecule has 2 aliphatic rings. The van der Waals surface area contributed by atoms with E-state index in [1.54, 1.807) is 13.2 Å². The van der Waals surface area contributed by atoms with Gasteiger partial charge in [-0.3, -0.25) is 0 Å². The van der Waals surface area contributed by atoms with Crippen molar-refractivity contribution >= 4 is 11.6 Å². The molecule has 20 heavy (non-hydrogen) atoms. The third-order valence-electron chi connectivity index (χ3n) is 4.79. The molecular formula is C15H20ClNO3. The standard InChI is InChI=1S/C15H20ClNO3/c1-19-11-4-2-3-10(16)13(11)14(18)15(8-17)7-9-5-6-12(15)20-9/h2-4,9,12,14,18H,5-8,17H2,1H3. The van der Waals surface area contributed by atoms with Crippen LogP contribution in [0.1, 0.15) is 30.9 Å². The molecule has 1 aromatic carbocycles. The number of benzene rings is 1. The number of nitrogens with two attached hydrogens (primary N) is 1. The minimum absolute atomic E-state index is 0.00785. The Morgan fingerprint density at radius 3 is 2.90 bits per heavy atom. The third-order valence-corrected chi connectivity index (χ3v) is 5.12. The Balaban J connectivity index is 2.02. The molecule has 4 unspecified atom stereocenters. The predicted octanol–water partition coefficient (Wildman–Crippen LogP) is 2.28. The molecule has 0 amide bonds. The highest BCUT2D eigenvalue weighted by molar-refractivity contribution is 6.31. The first-order chi connectivity index (χ1) is 9.62. The highest BCUT2D eigenvalue weighted by atomic mass is 35.5. The summed E-state index contributed by atoms with van der Waals surface area (Å²) >= 11 is 6.28. The minimum Gasteiger partial charge on any atom is -0.496 e. The van der Waals surface area contributed by atoms with Gasteiger partial charge in [-0.1, -0.05) is 17.7 Å². The monoisotopic (exact) mass is 297 g/mol. The van der Waals surface area contributed by atoms with Crippen molar-refractivity contribution in [2.75, 3.05) is 13.7 Å². The van der Waals surface area contributed by atoms with E-state index in [1.165, 1.54) is 0 Å². The van der Waals surface area contributed by atoms with Gasteiger partial charge in [0.2, 0.25) is 0 Å². The molecular weight excluding hydrogens is 278 g/mol. The van der Waals surface area contributed by atoms with E-state index < -0.39 is 11.5 Å². The first kappa shape index (κ1) is 14.1. The lowest BCUT2D eigenvalue weighted by Crippen LogP contribution is -2.44. The Hall–Kier alpha value is -0.810. The van der Waals surface area contributed by atoms with Gasteiger partial charge in [-0.15, -0.1) is 0 Å². The van der Waals surface area contributed by atoms with Crippen LogP contribution in [0.15, 0.2) is 18.2 Å². The fourth-order valence-corrected chi connectivity index (χ4v) is 3.97. The summed E-state index contributed by atoms with van der Waals surface area (Å²) in [5.41, 5.74) is 6.18. The van der Waals surface area contributed by atoms with Crippen LogP contribution < -0.4 is 10.5 Å². The molecule has 0 saturated carbocycles. The van der Waals surface area contributed by atoms with Gasteiger partial charge in [0.05, 0.1) is 30.4 Å². The summed E-state index contributed by atoms with van der Waals surface area (Å²) in [7, 11) is 1.58. The molecule has 1 aromatic rings. The fraction of sp³-hybridized carbons (Fsp3) is 0.600. The van der Waals surface area contributed by atoms with Gasteiger partial charge in [0.25, 0.3) is 0 Å². The Morgan fingerprint density at radius 2 is 2.35 bits per heavy atom. The van der Waals surface area contributed by atoms with Crippen molar-refractivity contribution in [3.63, 3.8) is 0 Å². The van der Waals surface area contributed by atoms with Crippen molar-refractivity contribution in [3.05, 3.63) is 28.8 Å². The molecule has 2 saturated heterocycles. The van der Waals surface area contributed by atoms with E-state index in [9.17, 15) is 5.11 Å². The second kappa shape index (κ2) is 5.19. The zero-order chi connectivity index (χ0) is 14.3. The Morgan fingerprint density at radius 1 is 1.55 bits per heavy atom. The van der Waals surface area contributed by atoms with Gasteiger partial charge in [-0.2, -0.15) is 0 Å². The zero-order valence-corrected chi connectivity index (χ0v) is 12.3. The van der Waals surface area contributed by atoms with Crippen molar-refractivity contribution in [3.8, 4) is 5.75 Å². The second-order valence-corrected chi connectivity index (χ2v) is 6.13. The summed E-state index contributed by atoms with van der Waals surface area (Å²) in [6.07, 6.45) is 2.24. The number of ether oxygens (including phenoxy) is 2. The Kier molecular flexibility index (Phi) is 3.67. The summed E-state index contributed by atoms with van der Waals surface area (Å²) in [6.45, 7) is 0.379. The number of rotatable bonds is 4. The molecule has 0 aliphatic carbocycles. The number of methoxy groups -OCH3 is 1. The van der Waals surface area contributed by atoms with Crippen LogP contribution in [0.3, 0.4) is 0 Å². The maximum Gasteiger partial charge on any atom is 0.126 e. The maximum atomic E-state index is 11.0. The van der Waals surface area contributed by atoms with E-state index >= 15 is 0 Å². The minimum atomic E-state index is -0.772. The van der Waals surface area contributed by atoms with Crippen LogP contribution in [0, 0.1) is 5.41 Å². The van der Waals surface area contributed by atoms with Crippen LogP contribution in [-0.2, 0) is 4.74 Å². The van der Waals surface area contributed by atoms with Gasteiger partial charge >= 0.3 is 0 Å². The molecule has 0 radical (unpaired) electrons. The molecule has 5 heteroatoms. The Labute approximate surface area is 123 Å². The molecule has 2 heterocycles. The van der Waals surface area contributed by atoms with Crippen LogP contribution in [0.2, 0.25) is 5.02 Å². The first-order valence-corrected chi connectivity index (χ1v) is 7.36. The zero-order valence-electron chi connectivity index (χ0n) is 11.5. The molecule has 3 rings (SSSR count). The summed E-state index contributed by atoms with van der Waals surface area (Å²) in [6, 6.07) is 5.38. The molecule has 2 fully saturated rings. The van der Waals surface area contributed by atoms with Gasteiger partial charge in [0.1, 0.15) is 5.75 Å². The van der Waals surface area contributed by atoms with E-state index in [2.05, 4.69) is 0 Å². The highest BCUT2D eigenvalue weighted by Crippen LogP contribution is 2.55. The van der Waals surface area contributed by atoms with E-state index in [1.807, 2.05) is 12.1 Å². The Bertz CT molecular complexity index is 510. The van der Waals surface area contributed by atoms with E-state index in [4.69, 9.17) is 26.8 Å². The summed E-state index contributed by atoms with van der Waals surface area (Å²) in [4.78, 5) is 0. The number of halogens is 1. The molecule has 0 spiro atoms. The fourth-order valence-electron chi connectivity index (χ4n) is 3.70. The van der Waals surface area contributed by atoms with Crippen molar-refractivity contribution in [1.29, 1.82) is 0 Å². The normalized spacial score (nSPS) is 33.4. The van der Waals surface area contributed by atoms with Crippen LogP contribution in [0.4, 0.5) is 0 Å². The average molecular weight is 298 g/mol. The van der Waals surface area contributed by atoms with Gasteiger partial charge < -0.3 is 20.3 Å². The van der Waals surface area contributed by atoms with E-state index in [0.717, 1.165) is 19.3 Å². The lowest BCUT2D eigenvalue weighted by Gasteiger charge is -2.39. The number of fused-ring (bicyclic) bond motifs is 2. The van der Waals surface area contributed by atoms with E-state index in [0.29, 0.717) is 22.9 Å². The van der Waals surface area contributed by atoms with Crippen molar-refractivity contribution < 1.29 is 14.6 Å². The van der Waals surface area contributed by atoms with Crippen molar-refractivity contribution in [1.82, 2.24) is 0 Å². The van der Waals surface area contributed by atoms with Crippen LogP contribution in [0.25, 0.3) is 0 Å². The SMILES string of the molecule is COc1cccc(Cl)c1C(O)C1(CN)CC2CCC1O2. The van der Waals surface area contributed by atoms with Gasteiger partial charge in [0.15, 0.2) is 0 Å². The van der Waals surface area contributed by atoms with Gasteiger partial charge in [-0.05, 0) is 31.4 Å². The number of aliphatic hydroxyl groups excluding tert-OH is 1. The number of hydrogen-bond acceptors (Lipinski definition) is 4. The lowest BCUT2D eigenvalue weighted by atomic mass is 9.68. The topological polar surface area (TPSA) is 64.7 Å².